The summed E-state index contributed by atoms with van der Waals surface area (Å²) < 4.78 is 0. The van der Waals surface area contributed by atoms with Gasteiger partial charge < -0.3 is 0 Å². The number of nitrogens with zero attached hydrogens (tertiary/aromatic N) is 1. The topological polar surface area (TPSA) is 12.9 Å². The number of para-hydroxylation sites is 1. The Bertz CT molecular complexity index is 481. The van der Waals surface area contributed by atoms with E-state index in [4.69, 9.17) is 11.6 Å². The predicted molar refractivity (Wildman–Crippen MR) is 77.8 cm³/mol. The minimum atomic E-state index is 0.611. The summed E-state index contributed by atoms with van der Waals surface area (Å²) in [5.74, 6) is 1.77. The van der Waals surface area contributed by atoms with Gasteiger partial charge in [0, 0.05) is 28.5 Å². The molecule has 0 aliphatic heterocycles. The summed E-state index contributed by atoms with van der Waals surface area (Å²) in [6.45, 7) is 2.23. The molecule has 90 valence electrons. The lowest BCUT2D eigenvalue weighted by Gasteiger charge is -2.10. The molecule has 0 spiro atoms. The van der Waals surface area contributed by atoms with Crippen molar-refractivity contribution in [1.29, 1.82) is 0 Å². The zero-order valence-corrected chi connectivity index (χ0v) is 11.5. The van der Waals surface area contributed by atoms with E-state index in [1.54, 1.807) is 0 Å². The van der Waals surface area contributed by atoms with Crippen molar-refractivity contribution >= 4 is 34.3 Å². The smallest absolute Gasteiger partial charge is 0.0705 e. The van der Waals surface area contributed by atoms with Gasteiger partial charge in [0.25, 0.3) is 0 Å². The van der Waals surface area contributed by atoms with E-state index >= 15 is 0 Å². The Morgan fingerprint density at radius 1 is 1.29 bits per heavy atom. The van der Waals surface area contributed by atoms with Crippen LogP contribution in [0.2, 0.25) is 0 Å². The largest absolute Gasteiger partial charge is 0.256 e. The van der Waals surface area contributed by atoms with Crippen LogP contribution >= 0.6 is 23.4 Å². The number of thioether (sulfide) groups is 1. The van der Waals surface area contributed by atoms with E-state index in [9.17, 15) is 0 Å². The van der Waals surface area contributed by atoms with Crippen LogP contribution < -0.4 is 0 Å². The highest BCUT2D eigenvalue weighted by atomic mass is 35.5. The van der Waals surface area contributed by atoms with Gasteiger partial charge in [-0.05, 0) is 24.1 Å². The summed E-state index contributed by atoms with van der Waals surface area (Å²) in [5.41, 5.74) is 2.44. The maximum Gasteiger partial charge on any atom is 0.0705 e. The van der Waals surface area contributed by atoms with Crippen LogP contribution in [0, 0.1) is 0 Å². The lowest BCUT2D eigenvalue weighted by Crippen LogP contribution is -1.98. The summed E-state index contributed by atoms with van der Waals surface area (Å²) in [5, 5.41) is 1.88. The van der Waals surface area contributed by atoms with Crippen molar-refractivity contribution in [1.82, 2.24) is 4.98 Å². The molecule has 2 rings (SSSR count). The summed E-state index contributed by atoms with van der Waals surface area (Å²) in [6.07, 6.45) is 2.96. The number of hydrogen-bond donors (Lipinski definition) is 0. The zero-order valence-electron chi connectivity index (χ0n) is 9.90. The van der Waals surface area contributed by atoms with E-state index in [0.717, 1.165) is 23.6 Å². The van der Waals surface area contributed by atoms with Crippen LogP contribution in [-0.4, -0.2) is 16.1 Å². The van der Waals surface area contributed by atoms with E-state index in [2.05, 4.69) is 36.2 Å². The van der Waals surface area contributed by atoms with Gasteiger partial charge in [-0.2, -0.15) is 11.8 Å². The Morgan fingerprint density at radius 3 is 2.94 bits per heavy atom. The van der Waals surface area contributed by atoms with Crippen LogP contribution in [0.25, 0.3) is 10.9 Å². The van der Waals surface area contributed by atoms with E-state index in [-0.39, 0.29) is 0 Å². The first kappa shape index (κ1) is 12.7. The molecular weight excluding hydrogens is 250 g/mol. The average molecular weight is 266 g/mol. The third-order valence-electron chi connectivity index (χ3n) is 2.78. The predicted octanol–water partition coefficient (Wildman–Crippen LogP) is 4.49. The molecule has 0 N–H and O–H groups in total. The van der Waals surface area contributed by atoms with Crippen molar-refractivity contribution in [2.24, 2.45) is 0 Å². The van der Waals surface area contributed by atoms with E-state index in [1.165, 1.54) is 10.9 Å². The first-order valence-electron chi connectivity index (χ1n) is 5.81. The Hall–Kier alpha value is -0.730. The van der Waals surface area contributed by atoms with Gasteiger partial charge >= 0.3 is 0 Å². The highest BCUT2D eigenvalue weighted by Crippen LogP contribution is 2.24. The highest BCUT2D eigenvalue weighted by molar-refractivity contribution is 7.99. The van der Waals surface area contributed by atoms with Crippen molar-refractivity contribution in [2.45, 2.75) is 24.3 Å². The molecule has 17 heavy (non-hydrogen) atoms. The third kappa shape index (κ3) is 3.36. The number of halogens is 1. The van der Waals surface area contributed by atoms with E-state index < -0.39 is 0 Å². The molecule has 1 atom stereocenters. The van der Waals surface area contributed by atoms with E-state index in [0.29, 0.717) is 5.25 Å². The summed E-state index contributed by atoms with van der Waals surface area (Å²) >= 11 is 7.71. The molecule has 0 bridgehead atoms. The van der Waals surface area contributed by atoms with Gasteiger partial charge in [-0.25, -0.2) is 0 Å². The monoisotopic (exact) mass is 265 g/mol. The summed E-state index contributed by atoms with van der Waals surface area (Å²) in [4.78, 5) is 4.37. The number of alkyl halides is 1. The SMILES string of the molecule is CC(CCCl)SCc1ccnc2ccccc12. The molecule has 0 aliphatic carbocycles. The molecule has 0 fully saturated rings. The number of fused-ring (bicyclic) bond motifs is 1. The van der Waals surface area contributed by atoms with Crippen molar-refractivity contribution in [3.05, 3.63) is 42.1 Å². The summed E-state index contributed by atoms with van der Waals surface area (Å²) in [7, 11) is 0. The Kier molecular flexibility index (Phi) is 4.69. The number of rotatable bonds is 5. The van der Waals surface area contributed by atoms with Gasteiger partial charge in [-0.1, -0.05) is 25.1 Å². The van der Waals surface area contributed by atoms with Crippen molar-refractivity contribution in [2.75, 3.05) is 5.88 Å². The normalized spacial score (nSPS) is 12.8. The van der Waals surface area contributed by atoms with Crippen LogP contribution in [-0.2, 0) is 5.75 Å². The Morgan fingerprint density at radius 2 is 2.12 bits per heavy atom. The molecule has 0 saturated heterocycles. The van der Waals surface area contributed by atoms with Gasteiger partial charge in [-0.3, -0.25) is 4.98 Å². The van der Waals surface area contributed by atoms with E-state index in [1.807, 2.05) is 24.0 Å². The zero-order chi connectivity index (χ0) is 12.1. The van der Waals surface area contributed by atoms with Crippen molar-refractivity contribution < 1.29 is 0 Å². The fourth-order valence-electron chi connectivity index (χ4n) is 1.75. The number of aromatic nitrogens is 1. The molecule has 0 aliphatic rings. The maximum atomic E-state index is 5.75. The fourth-order valence-corrected chi connectivity index (χ4v) is 3.21. The minimum Gasteiger partial charge on any atom is -0.256 e. The van der Waals surface area contributed by atoms with Gasteiger partial charge in [0.15, 0.2) is 0 Å². The van der Waals surface area contributed by atoms with Gasteiger partial charge in [0.05, 0.1) is 5.52 Å². The molecule has 1 aromatic heterocycles. The second-order valence-corrected chi connectivity index (χ2v) is 5.89. The molecule has 0 radical (unpaired) electrons. The number of pyridine rings is 1. The number of benzene rings is 1. The number of hydrogen-bond acceptors (Lipinski definition) is 2. The second-order valence-electron chi connectivity index (χ2n) is 4.09. The fraction of sp³-hybridized carbons (Fsp3) is 0.357. The first-order valence-corrected chi connectivity index (χ1v) is 7.40. The van der Waals surface area contributed by atoms with Gasteiger partial charge in [0.1, 0.15) is 0 Å². The lowest BCUT2D eigenvalue weighted by molar-refractivity contribution is 0.912. The van der Waals surface area contributed by atoms with Gasteiger partial charge in [-0.15, -0.1) is 11.6 Å². The standard InChI is InChI=1S/C14H16ClNS/c1-11(6-8-15)17-10-12-7-9-16-14-5-3-2-4-13(12)14/h2-5,7,9,11H,6,8,10H2,1H3. The van der Waals surface area contributed by atoms with Crippen LogP contribution in [0.3, 0.4) is 0 Å². The molecule has 2 aromatic rings. The average Bonchev–Trinajstić information content (AvgIpc) is 2.36. The molecule has 1 nitrogen and oxygen atoms in total. The minimum absolute atomic E-state index is 0.611. The van der Waals surface area contributed by atoms with Gasteiger partial charge in [0.2, 0.25) is 0 Å². The Labute approximate surface area is 112 Å². The quantitative estimate of drug-likeness (QED) is 0.739. The summed E-state index contributed by atoms with van der Waals surface area (Å²) in [6, 6.07) is 10.4. The second kappa shape index (κ2) is 6.27. The Balaban J connectivity index is 2.13. The first-order chi connectivity index (χ1) is 8.31. The third-order valence-corrected chi connectivity index (χ3v) is 4.28. The molecule has 3 heteroatoms. The maximum absolute atomic E-state index is 5.75. The van der Waals surface area contributed by atoms with Crippen LogP contribution in [0.1, 0.15) is 18.9 Å². The van der Waals surface area contributed by atoms with Crippen LogP contribution in [0.4, 0.5) is 0 Å². The van der Waals surface area contributed by atoms with Crippen molar-refractivity contribution in [3.63, 3.8) is 0 Å². The molecule has 0 amide bonds. The van der Waals surface area contributed by atoms with Crippen LogP contribution in [0.15, 0.2) is 36.5 Å². The molecular formula is C14H16ClNS. The molecule has 1 aromatic carbocycles. The molecule has 1 unspecified atom stereocenters. The highest BCUT2D eigenvalue weighted by Gasteiger charge is 2.05. The molecule has 0 saturated carbocycles. The van der Waals surface area contributed by atoms with Crippen molar-refractivity contribution in [3.8, 4) is 0 Å². The molecule has 1 heterocycles. The lowest BCUT2D eigenvalue weighted by atomic mass is 10.1. The van der Waals surface area contributed by atoms with Crippen LogP contribution in [0.5, 0.6) is 0 Å².